The number of aromatic nitrogens is 6. The third-order valence-electron chi connectivity index (χ3n) is 2.89. The van der Waals surface area contributed by atoms with Crippen LogP contribution >= 0.6 is 0 Å². The number of hydrogen-bond acceptors (Lipinski definition) is 6. The van der Waals surface area contributed by atoms with Gasteiger partial charge in [-0.25, -0.2) is 0 Å². The zero-order valence-electron chi connectivity index (χ0n) is 12.0. The van der Waals surface area contributed by atoms with Crippen molar-refractivity contribution in [2.75, 3.05) is 11.9 Å². The molecule has 0 atom stereocenters. The average molecular weight is 287 g/mol. The van der Waals surface area contributed by atoms with E-state index in [1.165, 1.54) is 0 Å². The maximum atomic E-state index is 5.83. The number of aryl methyl sites for hydroxylation is 1. The maximum Gasteiger partial charge on any atom is 0.235 e. The van der Waals surface area contributed by atoms with E-state index in [-0.39, 0.29) is 0 Å². The molecular weight excluding hydrogens is 270 g/mol. The van der Waals surface area contributed by atoms with Crippen molar-refractivity contribution < 1.29 is 4.74 Å². The summed E-state index contributed by atoms with van der Waals surface area (Å²) in [5.41, 5.74) is 0.636. The van der Waals surface area contributed by atoms with Gasteiger partial charge in [0.1, 0.15) is 5.39 Å². The van der Waals surface area contributed by atoms with Gasteiger partial charge in [-0.3, -0.25) is 9.78 Å². The third kappa shape index (κ3) is 2.78. The SMILES string of the molecule is CCCn1cc(Oc2nc(NCC)nc3[nH]ncc23)cn1. The lowest BCUT2D eigenvalue weighted by molar-refractivity contribution is 0.467. The van der Waals surface area contributed by atoms with E-state index in [1.807, 2.05) is 17.8 Å². The van der Waals surface area contributed by atoms with Crippen LogP contribution in [0.3, 0.4) is 0 Å². The number of nitrogens with zero attached hydrogens (tertiary/aromatic N) is 5. The molecule has 3 aromatic rings. The molecule has 0 spiro atoms. The Bertz CT molecular complexity index is 733. The Morgan fingerprint density at radius 3 is 3.00 bits per heavy atom. The van der Waals surface area contributed by atoms with Crippen LogP contribution in [0, 0.1) is 0 Å². The summed E-state index contributed by atoms with van der Waals surface area (Å²) < 4.78 is 7.67. The van der Waals surface area contributed by atoms with E-state index in [9.17, 15) is 0 Å². The molecule has 2 N–H and O–H groups in total. The van der Waals surface area contributed by atoms with Crippen LogP contribution in [0.5, 0.6) is 11.6 Å². The first-order chi connectivity index (χ1) is 10.3. The zero-order chi connectivity index (χ0) is 14.7. The minimum atomic E-state index is 0.459. The quantitative estimate of drug-likeness (QED) is 0.721. The molecule has 0 aliphatic rings. The van der Waals surface area contributed by atoms with Crippen molar-refractivity contribution in [3.05, 3.63) is 18.6 Å². The van der Waals surface area contributed by atoms with Crippen LogP contribution in [0.15, 0.2) is 18.6 Å². The molecule has 0 aliphatic heterocycles. The molecule has 0 amide bonds. The van der Waals surface area contributed by atoms with E-state index in [1.54, 1.807) is 12.4 Å². The summed E-state index contributed by atoms with van der Waals surface area (Å²) in [7, 11) is 0. The fourth-order valence-corrected chi connectivity index (χ4v) is 1.98. The van der Waals surface area contributed by atoms with Gasteiger partial charge in [0.2, 0.25) is 11.8 Å². The first-order valence-corrected chi connectivity index (χ1v) is 6.95. The zero-order valence-corrected chi connectivity index (χ0v) is 12.0. The lowest BCUT2D eigenvalue weighted by Gasteiger charge is -2.06. The highest BCUT2D eigenvalue weighted by atomic mass is 16.5. The Balaban J connectivity index is 1.92. The number of ether oxygens (including phenoxy) is 1. The topological polar surface area (TPSA) is 93.5 Å². The highest BCUT2D eigenvalue weighted by Crippen LogP contribution is 2.27. The molecule has 0 bridgehead atoms. The van der Waals surface area contributed by atoms with Crippen LogP contribution in [-0.2, 0) is 6.54 Å². The summed E-state index contributed by atoms with van der Waals surface area (Å²) in [4.78, 5) is 8.69. The van der Waals surface area contributed by atoms with E-state index in [0.29, 0.717) is 23.2 Å². The number of rotatable bonds is 6. The number of nitrogens with one attached hydrogen (secondary N) is 2. The second-order valence-electron chi connectivity index (χ2n) is 4.56. The van der Waals surface area contributed by atoms with Crippen LogP contribution in [0.25, 0.3) is 11.0 Å². The van der Waals surface area contributed by atoms with Gasteiger partial charge in [0.05, 0.1) is 18.6 Å². The fraction of sp³-hybridized carbons (Fsp3) is 0.385. The molecule has 0 saturated heterocycles. The summed E-state index contributed by atoms with van der Waals surface area (Å²) >= 11 is 0. The van der Waals surface area contributed by atoms with Crippen LogP contribution in [0.4, 0.5) is 5.95 Å². The molecule has 3 aromatic heterocycles. The minimum absolute atomic E-state index is 0.459. The molecule has 0 fully saturated rings. The van der Waals surface area contributed by atoms with Crippen molar-refractivity contribution in [2.24, 2.45) is 0 Å². The predicted octanol–water partition coefficient (Wildman–Crippen LogP) is 2.18. The Morgan fingerprint density at radius 1 is 1.29 bits per heavy atom. The largest absolute Gasteiger partial charge is 0.435 e. The number of fused-ring (bicyclic) bond motifs is 1. The van der Waals surface area contributed by atoms with E-state index < -0.39 is 0 Å². The van der Waals surface area contributed by atoms with Crippen LogP contribution in [0.1, 0.15) is 20.3 Å². The van der Waals surface area contributed by atoms with Crippen molar-refractivity contribution >= 4 is 17.0 Å². The van der Waals surface area contributed by atoms with Gasteiger partial charge in [-0.15, -0.1) is 0 Å². The first kappa shape index (κ1) is 13.3. The third-order valence-corrected chi connectivity index (χ3v) is 2.89. The van der Waals surface area contributed by atoms with Gasteiger partial charge in [-0.1, -0.05) is 6.92 Å². The Morgan fingerprint density at radius 2 is 2.19 bits per heavy atom. The summed E-state index contributed by atoms with van der Waals surface area (Å²) in [6.07, 6.45) is 6.20. The lowest BCUT2D eigenvalue weighted by atomic mass is 10.4. The van der Waals surface area contributed by atoms with E-state index in [2.05, 4.69) is 37.5 Å². The van der Waals surface area contributed by atoms with Gasteiger partial charge in [-0.2, -0.15) is 20.2 Å². The van der Waals surface area contributed by atoms with E-state index in [0.717, 1.165) is 24.9 Å². The van der Waals surface area contributed by atoms with Crippen molar-refractivity contribution in [3.63, 3.8) is 0 Å². The number of anilines is 1. The van der Waals surface area contributed by atoms with Crippen LogP contribution in [0.2, 0.25) is 0 Å². The molecule has 3 rings (SSSR count). The molecule has 8 nitrogen and oxygen atoms in total. The Labute approximate surface area is 121 Å². The molecule has 21 heavy (non-hydrogen) atoms. The van der Waals surface area contributed by atoms with E-state index >= 15 is 0 Å². The summed E-state index contributed by atoms with van der Waals surface area (Å²) in [5.74, 6) is 1.61. The number of H-pyrrole nitrogens is 1. The van der Waals surface area contributed by atoms with Crippen molar-refractivity contribution in [1.82, 2.24) is 29.9 Å². The maximum absolute atomic E-state index is 5.83. The normalized spacial score (nSPS) is 11.0. The first-order valence-electron chi connectivity index (χ1n) is 6.95. The van der Waals surface area contributed by atoms with E-state index in [4.69, 9.17) is 4.74 Å². The van der Waals surface area contributed by atoms with Gasteiger partial charge in [0, 0.05) is 13.1 Å². The number of aromatic amines is 1. The van der Waals surface area contributed by atoms with Crippen LogP contribution < -0.4 is 10.1 Å². The number of hydrogen-bond donors (Lipinski definition) is 2. The molecule has 0 aliphatic carbocycles. The second kappa shape index (κ2) is 5.78. The predicted molar refractivity (Wildman–Crippen MR) is 78.4 cm³/mol. The highest BCUT2D eigenvalue weighted by molar-refractivity contribution is 5.80. The van der Waals surface area contributed by atoms with Crippen molar-refractivity contribution in [1.29, 1.82) is 0 Å². The van der Waals surface area contributed by atoms with Gasteiger partial charge >= 0.3 is 0 Å². The molecular formula is C13H17N7O. The smallest absolute Gasteiger partial charge is 0.235 e. The highest BCUT2D eigenvalue weighted by Gasteiger charge is 2.12. The lowest BCUT2D eigenvalue weighted by Crippen LogP contribution is -2.03. The van der Waals surface area contributed by atoms with Crippen LogP contribution in [-0.4, -0.2) is 36.5 Å². The van der Waals surface area contributed by atoms with Gasteiger partial charge in [-0.05, 0) is 13.3 Å². The van der Waals surface area contributed by atoms with Gasteiger partial charge in [0.15, 0.2) is 11.4 Å². The average Bonchev–Trinajstić information content (AvgIpc) is 3.09. The van der Waals surface area contributed by atoms with Crippen molar-refractivity contribution in [3.8, 4) is 11.6 Å². The summed E-state index contributed by atoms with van der Waals surface area (Å²) in [6.45, 7) is 5.67. The Kier molecular flexibility index (Phi) is 3.67. The van der Waals surface area contributed by atoms with Gasteiger partial charge < -0.3 is 10.1 Å². The Hall–Kier alpha value is -2.64. The summed E-state index contributed by atoms with van der Waals surface area (Å²) in [6, 6.07) is 0. The standard InChI is InChI=1S/C13H17N7O/c1-3-5-20-8-9(6-16-20)21-12-10-7-15-19-11(10)17-13(18-12)14-4-2/h6-8H,3-5H2,1-2H3,(H2,14,15,17,18,19). The molecule has 0 aromatic carbocycles. The molecule has 0 saturated carbocycles. The monoisotopic (exact) mass is 287 g/mol. The molecule has 110 valence electrons. The van der Waals surface area contributed by atoms with Crippen molar-refractivity contribution in [2.45, 2.75) is 26.8 Å². The fourth-order valence-electron chi connectivity index (χ4n) is 1.98. The van der Waals surface area contributed by atoms with Gasteiger partial charge in [0.25, 0.3) is 0 Å². The molecule has 0 radical (unpaired) electrons. The molecule has 3 heterocycles. The minimum Gasteiger partial charge on any atom is -0.435 e. The second-order valence-corrected chi connectivity index (χ2v) is 4.56. The molecule has 0 unspecified atom stereocenters. The summed E-state index contributed by atoms with van der Waals surface area (Å²) in [5, 5.41) is 14.9. The molecule has 8 heteroatoms.